The van der Waals surface area contributed by atoms with Crippen molar-refractivity contribution < 1.29 is 13.6 Å². The minimum atomic E-state index is -0.977. The number of rotatable bonds is 2. The van der Waals surface area contributed by atoms with Crippen LogP contribution in [0.25, 0.3) is 6.08 Å². The number of hydrogen-bond donors (Lipinski definition) is 1. The number of hydrogen-bond acceptors (Lipinski definition) is 3. The van der Waals surface area contributed by atoms with Crippen LogP contribution in [0.5, 0.6) is 0 Å². The fourth-order valence-electron chi connectivity index (χ4n) is 1.76. The topological polar surface area (TPSA) is 41.5 Å². The Morgan fingerprint density at radius 2 is 2.05 bits per heavy atom. The first-order chi connectivity index (χ1) is 9.63. The molecule has 0 aliphatic carbocycles. The molecule has 0 fully saturated rings. The summed E-state index contributed by atoms with van der Waals surface area (Å²) in [5.74, 6) is -2.06. The summed E-state index contributed by atoms with van der Waals surface area (Å²) in [6.45, 7) is 0. The first-order valence-corrected chi connectivity index (χ1v) is 6.62. The van der Waals surface area contributed by atoms with Gasteiger partial charge in [-0.15, -0.1) is 11.3 Å². The number of aliphatic imine (C=N–C) groups is 1. The summed E-state index contributed by atoms with van der Waals surface area (Å²) in [5.41, 5.74) is 0.569. The smallest absolute Gasteiger partial charge is 0.275 e. The molecule has 0 spiro atoms. The van der Waals surface area contributed by atoms with Gasteiger partial charge in [0.1, 0.15) is 11.5 Å². The fourth-order valence-corrected chi connectivity index (χ4v) is 2.41. The lowest BCUT2D eigenvalue weighted by molar-refractivity contribution is -0.115. The van der Waals surface area contributed by atoms with Crippen LogP contribution in [0.2, 0.25) is 0 Å². The van der Waals surface area contributed by atoms with Gasteiger partial charge in [0.05, 0.1) is 0 Å². The van der Waals surface area contributed by atoms with Gasteiger partial charge in [0.25, 0.3) is 5.91 Å². The first kappa shape index (κ1) is 12.7. The highest BCUT2D eigenvalue weighted by atomic mass is 32.1. The first-order valence-electron chi connectivity index (χ1n) is 5.74. The van der Waals surface area contributed by atoms with Crippen molar-refractivity contribution in [3.63, 3.8) is 0 Å². The molecule has 1 aliphatic rings. The van der Waals surface area contributed by atoms with E-state index in [0.717, 1.165) is 17.0 Å². The van der Waals surface area contributed by atoms with E-state index in [-0.39, 0.29) is 17.4 Å². The van der Waals surface area contributed by atoms with Gasteiger partial charge in [-0.05, 0) is 35.7 Å². The molecular weight excluding hydrogens is 282 g/mol. The number of nitrogens with one attached hydrogen (secondary N) is 1. The molecule has 0 atom stereocenters. The van der Waals surface area contributed by atoms with Crippen molar-refractivity contribution in [1.29, 1.82) is 0 Å². The van der Waals surface area contributed by atoms with E-state index in [2.05, 4.69) is 10.3 Å². The highest BCUT2D eigenvalue weighted by Gasteiger charge is 2.21. The number of thiophene rings is 1. The SMILES string of the molecule is O=C1NC(c2ccc(F)c(F)c2)=N/C1=C/c1cccs1. The van der Waals surface area contributed by atoms with E-state index in [0.29, 0.717) is 5.56 Å². The van der Waals surface area contributed by atoms with E-state index in [4.69, 9.17) is 0 Å². The molecule has 1 amide bonds. The summed E-state index contributed by atoms with van der Waals surface area (Å²) in [6, 6.07) is 7.09. The summed E-state index contributed by atoms with van der Waals surface area (Å²) in [4.78, 5) is 16.8. The standard InChI is InChI=1S/C14H8F2N2OS/c15-10-4-3-8(6-11(10)16)13-17-12(14(19)18-13)7-9-2-1-5-20-9/h1-7H,(H,17,18,19)/b12-7+. The Labute approximate surface area is 117 Å². The zero-order valence-corrected chi connectivity index (χ0v) is 10.9. The molecule has 20 heavy (non-hydrogen) atoms. The van der Waals surface area contributed by atoms with Crippen molar-refractivity contribution in [3.8, 4) is 0 Å². The van der Waals surface area contributed by atoms with Crippen LogP contribution in [-0.4, -0.2) is 11.7 Å². The number of nitrogens with zero attached hydrogens (tertiary/aromatic N) is 1. The zero-order chi connectivity index (χ0) is 14.1. The molecule has 0 unspecified atom stereocenters. The molecule has 1 aliphatic heterocycles. The van der Waals surface area contributed by atoms with Gasteiger partial charge in [-0.1, -0.05) is 6.07 Å². The Morgan fingerprint density at radius 1 is 1.20 bits per heavy atom. The Hall–Kier alpha value is -2.34. The predicted molar refractivity (Wildman–Crippen MR) is 73.3 cm³/mol. The average molecular weight is 290 g/mol. The third kappa shape index (κ3) is 2.37. The summed E-state index contributed by atoms with van der Waals surface area (Å²) < 4.78 is 26.1. The lowest BCUT2D eigenvalue weighted by Gasteiger charge is -2.00. The zero-order valence-electron chi connectivity index (χ0n) is 10.1. The maximum absolute atomic E-state index is 13.2. The second kappa shape index (κ2) is 4.97. The van der Waals surface area contributed by atoms with E-state index >= 15 is 0 Å². The number of benzene rings is 1. The average Bonchev–Trinajstić information content (AvgIpc) is 3.04. The fraction of sp³-hybridized carbons (Fsp3) is 0. The van der Waals surface area contributed by atoms with Crippen molar-refractivity contribution in [2.45, 2.75) is 0 Å². The molecular formula is C14H8F2N2OS. The maximum Gasteiger partial charge on any atom is 0.275 e. The van der Waals surface area contributed by atoms with E-state index in [1.54, 1.807) is 6.08 Å². The minimum absolute atomic E-state index is 0.219. The van der Waals surface area contributed by atoms with Gasteiger partial charge in [-0.3, -0.25) is 4.79 Å². The largest absolute Gasteiger partial charge is 0.305 e. The lowest BCUT2D eigenvalue weighted by atomic mass is 10.2. The van der Waals surface area contributed by atoms with Crippen molar-refractivity contribution in [2.24, 2.45) is 4.99 Å². The van der Waals surface area contributed by atoms with Gasteiger partial charge in [-0.2, -0.15) is 0 Å². The van der Waals surface area contributed by atoms with Crippen LogP contribution in [0.15, 0.2) is 46.4 Å². The second-order valence-corrected chi connectivity index (χ2v) is 5.07. The monoisotopic (exact) mass is 290 g/mol. The van der Waals surface area contributed by atoms with Crippen LogP contribution in [0.1, 0.15) is 10.4 Å². The van der Waals surface area contributed by atoms with E-state index in [9.17, 15) is 13.6 Å². The van der Waals surface area contributed by atoms with Crippen LogP contribution in [-0.2, 0) is 4.79 Å². The van der Waals surface area contributed by atoms with Crippen molar-refractivity contribution in [1.82, 2.24) is 5.32 Å². The predicted octanol–water partition coefficient (Wildman–Crippen LogP) is 2.94. The lowest BCUT2D eigenvalue weighted by Crippen LogP contribution is -2.24. The quantitative estimate of drug-likeness (QED) is 0.849. The number of carbonyl (C=O) groups is 1. The summed E-state index contributed by atoms with van der Waals surface area (Å²) in [6.07, 6.45) is 1.65. The van der Waals surface area contributed by atoms with Crippen LogP contribution in [0.3, 0.4) is 0 Å². The van der Waals surface area contributed by atoms with E-state index in [1.165, 1.54) is 17.4 Å². The molecule has 0 saturated heterocycles. The van der Waals surface area contributed by atoms with Gasteiger partial charge in [0.15, 0.2) is 11.6 Å². The normalized spacial score (nSPS) is 16.4. The Balaban J connectivity index is 1.96. The number of amidine groups is 1. The Morgan fingerprint density at radius 3 is 2.75 bits per heavy atom. The number of carbonyl (C=O) groups excluding carboxylic acids is 1. The maximum atomic E-state index is 13.2. The Bertz CT molecular complexity index is 736. The van der Waals surface area contributed by atoms with Crippen LogP contribution >= 0.6 is 11.3 Å². The molecule has 0 radical (unpaired) electrons. The summed E-state index contributed by atoms with van der Waals surface area (Å²) in [7, 11) is 0. The molecule has 3 nitrogen and oxygen atoms in total. The molecule has 1 aromatic heterocycles. The molecule has 2 heterocycles. The van der Waals surface area contributed by atoms with Gasteiger partial charge in [-0.25, -0.2) is 13.8 Å². The molecule has 0 bridgehead atoms. The molecule has 100 valence electrons. The van der Waals surface area contributed by atoms with Gasteiger partial charge >= 0.3 is 0 Å². The van der Waals surface area contributed by atoms with Gasteiger partial charge < -0.3 is 5.32 Å². The second-order valence-electron chi connectivity index (χ2n) is 4.09. The summed E-state index contributed by atoms with van der Waals surface area (Å²) in [5, 5.41) is 4.43. The molecule has 3 rings (SSSR count). The molecule has 0 saturated carbocycles. The molecule has 2 aromatic rings. The highest BCUT2D eigenvalue weighted by Crippen LogP contribution is 2.18. The number of amides is 1. The van der Waals surface area contributed by atoms with Crippen LogP contribution in [0, 0.1) is 11.6 Å². The third-order valence-electron chi connectivity index (χ3n) is 2.71. The van der Waals surface area contributed by atoms with E-state index < -0.39 is 11.6 Å². The van der Waals surface area contributed by atoms with Crippen LogP contribution in [0.4, 0.5) is 8.78 Å². The van der Waals surface area contributed by atoms with Crippen LogP contribution < -0.4 is 5.32 Å². The molecule has 1 N–H and O–H groups in total. The van der Waals surface area contributed by atoms with E-state index in [1.807, 2.05) is 17.5 Å². The summed E-state index contributed by atoms with van der Waals surface area (Å²) >= 11 is 1.48. The van der Waals surface area contributed by atoms with Crippen molar-refractivity contribution in [3.05, 3.63) is 63.5 Å². The number of halogens is 2. The van der Waals surface area contributed by atoms with Crippen molar-refractivity contribution >= 4 is 29.2 Å². The minimum Gasteiger partial charge on any atom is -0.305 e. The highest BCUT2D eigenvalue weighted by molar-refractivity contribution is 7.10. The van der Waals surface area contributed by atoms with Gasteiger partial charge in [0.2, 0.25) is 0 Å². The Kier molecular flexibility index (Phi) is 3.15. The third-order valence-corrected chi connectivity index (χ3v) is 3.53. The van der Waals surface area contributed by atoms with Crippen molar-refractivity contribution in [2.75, 3.05) is 0 Å². The van der Waals surface area contributed by atoms with Gasteiger partial charge in [0, 0.05) is 10.4 Å². The molecule has 1 aromatic carbocycles. The molecule has 6 heteroatoms.